The molecule has 0 radical (unpaired) electrons. The van der Waals surface area contributed by atoms with Crippen molar-refractivity contribution in [1.29, 1.82) is 0 Å². The van der Waals surface area contributed by atoms with Crippen LogP contribution in [0.15, 0.2) is 59.2 Å². The van der Waals surface area contributed by atoms with Gasteiger partial charge in [-0.2, -0.15) is 0 Å². The zero-order valence-electron chi connectivity index (χ0n) is 6.87. The Morgan fingerprint density at radius 2 is 1.92 bits per heavy atom. The van der Waals surface area contributed by atoms with Crippen molar-refractivity contribution in [3.63, 3.8) is 0 Å². The lowest BCUT2D eigenvalue weighted by molar-refractivity contribution is -0.116. The first-order valence-electron chi connectivity index (χ1n) is 3.94. The third-order valence-electron chi connectivity index (χ3n) is 1.69. The van der Waals surface area contributed by atoms with E-state index in [0.29, 0.717) is 11.3 Å². The second-order valence-corrected chi connectivity index (χ2v) is 2.62. The van der Waals surface area contributed by atoms with Crippen molar-refractivity contribution in [3.8, 4) is 0 Å². The molecule has 0 heterocycles. The summed E-state index contributed by atoms with van der Waals surface area (Å²) >= 11 is 0. The molecular formula is C11H7NO. The maximum Gasteiger partial charge on any atom is 0.263 e. The first kappa shape index (κ1) is 7.63. The number of hydrogen-bond acceptors (Lipinski definition) is 1. The lowest BCUT2D eigenvalue weighted by atomic mass is 10.3. The fourth-order valence-electron chi connectivity index (χ4n) is 1.07. The van der Waals surface area contributed by atoms with E-state index in [-0.39, 0.29) is 5.91 Å². The Hall–Kier alpha value is -2.01. The number of allylic oxidation sites excluding steroid dienone is 3. The van der Waals surface area contributed by atoms with Crippen molar-refractivity contribution in [1.82, 2.24) is 5.32 Å². The Balaban J connectivity index is 2.08. The van der Waals surface area contributed by atoms with Crippen molar-refractivity contribution >= 4 is 5.91 Å². The van der Waals surface area contributed by atoms with Gasteiger partial charge in [0, 0.05) is 0 Å². The van der Waals surface area contributed by atoms with Crippen LogP contribution in [0.2, 0.25) is 0 Å². The molecule has 0 aliphatic heterocycles. The zero-order chi connectivity index (χ0) is 9.10. The van der Waals surface area contributed by atoms with Crippen molar-refractivity contribution in [3.05, 3.63) is 59.2 Å². The predicted molar refractivity (Wildman–Crippen MR) is 49.6 cm³/mol. The predicted octanol–water partition coefficient (Wildman–Crippen LogP) is 1.36. The van der Waals surface area contributed by atoms with E-state index in [1.165, 1.54) is 0 Å². The van der Waals surface area contributed by atoms with Gasteiger partial charge in [-0.3, -0.25) is 4.79 Å². The highest BCUT2D eigenvalue weighted by Gasteiger charge is 2.08. The van der Waals surface area contributed by atoms with Gasteiger partial charge in [-0.15, -0.1) is 5.73 Å². The molecule has 2 heteroatoms. The van der Waals surface area contributed by atoms with Crippen LogP contribution in [-0.2, 0) is 4.79 Å². The quantitative estimate of drug-likeness (QED) is 0.621. The summed E-state index contributed by atoms with van der Waals surface area (Å²) in [6.45, 7) is 0. The summed E-state index contributed by atoms with van der Waals surface area (Å²) in [5, 5.41) is 2.70. The summed E-state index contributed by atoms with van der Waals surface area (Å²) in [4.78, 5) is 11.4. The summed E-state index contributed by atoms with van der Waals surface area (Å²) in [5.74, 6) is -0.146. The zero-order valence-corrected chi connectivity index (χ0v) is 6.87. The first-order valence-corrected chi connectivity index (χ1v) is 3.94. The molecule has 0 saturated heterocycles. The number of rotatable bonds is 2. The molecule has 1 amide bonds. The van der Waals surface area contributed by atoms with Gasteiger partial charge in [0.05, 0.1) is 11.3 Å². The fourth-order valence-corrected chi connectivity index (χ4v) is 1.07. The van der Waals surface area contributed by atoms with Gasteiger partial charge in [0.2, 0.25) is 0 Å². The van der Waals surface area contributed by atoms with Crippen molar-refractivity contribution in [2.24, 2.45) is 0 Å². The van der Waals surface area contributed by atoms with Gasteiger partial charge in [-0.05, 0) is 24.3 Å². The highest BCUT2D eigenvalue weighted by atomic mass is 16.1. The minimum atomic E-state index is -0.146. The number of carbonyl (C=O) groups is 1. The number of hydrogen-bond donors (Lipinski definition) is 1. The minimum absolute atomic E-state index is 0.146. The summed E-state index contributed by atoms with van der Waals surface area (Å²) < 4.78 is 0. The normalized spacial score (nSPS) is 16.3. The van der Waals surface area contributed by atoms with E-state index in [0.717, 1.165) is 0 Å². The van der Waals surface area contributed by atoms with Crippen LogP contribution in [-0.4, -0.2) is 5.91 Å². The fraction of sp³-hybridized carbons (Fsp3) is 0. The molecular weight excluding hydrogens is 162 g/mol. The second-order valence-electron chi connectivity index (χ2n) is 2.62. The average Bonchev–Trinajstić information content (AvgIpc) is 2.74. The maximum absolute atomic E-state index is 11.4. The van der Waals surface area contributed by atoms with E-state index in [1.54, 1.807) is 30.4 Å². The molecule has 2 aliphatic carbocycles. The van der Waals surface area contributed by atoms with E-state index < -0.39 is 0 Å². The Kier molecular flexibility index (Phi) is 1.85. The Bertz CT molecular complexity index is 437. The summed E-state index contributed by atoms with van der Waals surface area (Å²) in [5.41, 5.74) is 6.95. The molecule has 2 aliphatic rings. The largest absolute Gasteiger partial charge is 0.315 e. The van der Waals surface area contributed by atoms with Gasteiger partial charge in [-0.25, -0.2) is 0 Å². The molecule has 0 bridgehead atoms. The molecule has 0 atom stereocenters. The number of nitrogens with one attached hydrogen (secondary N) is 1. The van der Waals surface area contributed by atoms with Crippen LogP contribution in [0, 0.1) is 0 Å². The molecule has 13 heavy (non-hydrogen) atoms. The standard InChI is InChI=1S/C11H7NO/c13-11(9-5-1-2-6-9)12-10-7-3-4-8-10/h1-5,7H,(H,12,13). The maximum atomic E-state index is 11.4. The van der Waals surface area contributed by atoms with Gasteiger partial charge in [0.25, 0.3) is 5.91 Å². The molecule has 0 unspecified atom stereocenters. The van der Waals surface area contributed by atoms with Crippen LogP contribution in [0.5, 0.6) is 0 Å². The molecule has 1 N–H and O–H groups in total. The van der Waals surface area contributed by atoms with E-state index in [2.05, 4.69) is 16.8 Å². The third kappa shape index (κ3) is 1.60. The molecule has 2 nitrogen and oxygen atoms in total. The lowest BCUT2D eigenvalue weighted by Crippen LogP contribution is -2.21. The van der Waals surface area contributed by atoms with Crippen LogP contribution in [0.4, 0.5) is 0 Å². The minimum Gasteiger partial charge on any atom is -0.315 e. The second kappa shape index (κ2) is 3.16. The SMILES string of the molecule is O=C(NC1=C=CC=C1)C1=C=CC=C1. The summed E-state index contributed by atoms with van der Waals surface area (Å²) in [6.07, 6.45) is 10.6. The van der Waals surface area contributed by atoms with Gasteiger partial charge >= 0.3 is 0 Å². The van der Waals surface area contributed by atoms with Gasteiger partial charge in [0.1, 0.15) is 0 Å². The molecule has 0 aromatic heterocycles. The highest BCUT2D eigenvalue weighted by Crippen LogP contribution is 2.04. The van der Waals surface area contributed by atoms with Crippen molar-refractivity contribution in [2.45, 2.75) is 0 Å². The van der Waals surface area contributed by atoms with Gasteiger partial charge < -0.3 is 5.32 Å². The average molecular weight is 169 g/mol. The van der Waals surface area contributed by atoms with E-state index in [4.69, 9.17) is 0 Å². The van der Waals surface area contributed by atoms with Crippen molar-refractivity contribution < 1.29 is 4.79 Å². The van der Waals surface area contributed by atoms with Crippen LogP contribution >= 0.6 is 0 Å². The number of carbonyl (C=O) groups excluding carboxylic acids is 1. The van der Waals surface area contributed by atoms with Crippen LogP contribution in [0.3, 0.4) is 0 Å². The Morgan fingerprint density at radius 3 is 2.54 bits per heavy atom. The van der Waals surface area contributed by atoms with E-state index in [1.807, 2.05) is 6.08 Å². The van der Waals surface area contributed by atoms with Gasteiger partial charge in [0.15, 0.2) is 0 Å². The lowest BCUT2D eigenvalue weighted by Gasteiger charge is -1.99. The summed E-state index contributed by atoms with van der Waals surface area (Å²) in [6, 6.07) is 0. The van der Waals surface area contributed by atoms with Gasteiger partial charge in [-0.1, -0.05) is 17.9 Å². The molecule has 0 aromatic rings. The highest BCUT2D eigenvalue weighted by molar-refractivity contribution is 5.97. The molecule has 0 aromatic carbocycles. The van der Waals surface area contributed by atoms with E-state index >= 15 is 0 Å². The molecule has 0 spiro atoms. The van der Waals surface area contributed by atoms with Crippen LogP contribution < -0.4 is 5.32 Å². The molecule has 0 fully saturated rings. The van der Waals surface area contributed by atoms with E-state index in [9.17, 15) is 4.79 Å². The molecule has 62 valence electrons. The van der Waals surface area contributed by atoms with Crippen LogP contribution in [0.1, 0.15) is 0 Å². The molecule has 0 saturated carbocycles. The first-order chi connectivity index (χ1) is 6.36. The monoisotopic (exact) mass is 169 g/mol. The molecule has 2 rings (SSSR count). The summed E-state index contributed by atoms with van der Waals surface area (Å²) in [7, 11) is 0. The van der Waals surface area contributed by atoms with Crippen molar-refractivity contribution in [2.75, 3.05) is 0 Å². The van der Waals surface area contributed by atoms with Crippen LogP contribution in [0.25, 0.3) is 0 Å². The smallest absolute Gasteiger partial charge is 0.263 e. The third-order valence-corrected chi connectivity index (χ3v) is 1.69. The number of amides is 1. The Labute approximate surface area is 76.0 Å². The Morgan fingerprint density at radius 1 is 1.15 bits per heavy atom. The topological polar surface area (TPSA) is 29.1 Å².